The third kappa shape index (κ3) is 4.01. The monoisotopic (exact) mass is 401 g/mol. The Labute approximate surface area is 177 Å². The summed E-state index contributed by atoms with van der Waals surface area (Å²) in [6.45, 7) is 7.04. The molecule has 5 nitrogen and oxygen atoms in total. The number of aryl methyl sites for hydroxylation is 1. The van der Waals surface area contributed by atoms with E-state index in [0.29, 0.717) is 31.7 Å². The Hall–Kier alpha value is -3.34. The molecule has 3 aromatic rings. The van der Waals surface area contributed by atoms with Crippen molar-refractivity contribution in [2.75, 3.05) is 26.2 Å². The molecule has 0 atom stereocenters. The Morgan fingerprint density at radius 2 is 1.30 bits per heavy atom. The maximum Gasteiger partial charge on any atom is 0.255 e. The molecule has 0 N–H and O–H groups in total. The van der Waals surface area contributed by atoms with E-state index >= 15 is 0 Å². The predicted molar refractivity (Wildman–Crippen MR) is 118 cm³/mol. The molecule has 1 aromatic heterocycles. The number of hydrogen-bond acceptors (Lipinski definition) is 2. The Balaban J connectivity index is 1.43. The summed E-state index contributed by atoms with van der Waals surface area (Å²) >= 11 is 0. The highest BCUT2D eigenvalue weighted by atomic mass is 16.2. The molecule has 4 rings (SSSR count). The average Bonchev–Trinajstić information content (AvgIpc) is 3.08. The van der Waals surface area contributed by atoms with Gasteiger partial charge in [0.1, 0.15) is 0 Å². The number of piperazine rings is 1. The summed E-state index contributed by atoms with van der Waals surface area (Å²) in [6, 6.07) is 21.6. The summed E-state index contributed by atoms with van der Waals surface area (Å²) < 4.78 is 2.19. The summed E-state index contributed by atoms with van der Waals surface area (Å²) in [5, 5.41) is 0. The van der Waals surface area contributed by atoms with Crippen LogP contribution in [0.4, 0.5) is 0 Å². The van der Waals surface area contributed by atoms with E-state index in [0.717, 1.165) is 23.5 Å². The molecule has 1 aliphatic rings. The van der Waals surface area contributed by atoms with Crippen LogP contribution in [0.3, 0.4) is 0 Å². The number of nitrogens with zero attached hydrogens (tertiary/aromatic N) is 3. The molecule has 1 saturated heterocycles. The number of amides is 2. The maximum absolute atomic E-state index is 13.2. The van der Waals surface area contributed by atoms with Gasteiger partial charge in [-0.1, -0.05) is 48.5 Å². The van der Waals surface area contributed by atoms with E-state index in [4.69, 9.17) is 0 Å². The van der Waals surface area contributed by atoms with E-state index in [-0.39, 0.29) is 11.8 Å². The molecule has 30 heavy (non-hydrogen) atoms. The lowest BCUT2D eigenvalue weighted by Gasteiger charge is -2.34. The molecule has 0 radical (unpaired) electrons. The molecule has 2 heterocycles. The van der Waals surface area contributed by atoms with Crippen LogP contribution < -0.4 is 0 Å². The lowest BCUT2D eigenvalue weighted by Crippen LogP contribution is -2.50. The first-order valence-electron chi connectivity index (χ1n) is 10.4. The largest absolute Gasteiger partial charge is 0.344 e. The number of carbonyl (C=O) groups is 2. The van der Waals surface area contributed by atoms with Crippen molar-refractivity contribution >= 4 is 11.8 Å². The van der Waals surface area contributed by atoms with Crippen LogP contribution in [-0.2, 0) is 6.54 Å². The summed E-state index contributed by atoms with van der Waals surface area (Å²) in [6.07, 6.45) is 0. The zero-order chi connectivity index (χ0) is 21.1. The van der Waals surface area contributed by atoms with Gasteiger partial charge in [0, 0.05) is 49.7 Å². The molecule has 0 bridgehead atoms. The predicted octanol–water partition coefficient (Wildman–Crippen LogP) is 3.75. The van der Waals surface area contributed by atoms with Crippen molar-refractivity contribution in [1.29, 1.82) is 0 Å². The van der Waals surface area contributed by atoms with Gasteiger partial charge in [-0.15, -0.1) is 0 Å². The van der Waals surface area contributed by atoms with Crippen molar-refractivity contribution in [1.82, 2.24) is 14.4 Å². The molecule has 1 aliphatic heterocycles. The first kappa shape index (κ1) is 20.0. The fourth-order valence-electron chi connectivity index (χ4n) is 4.07. The minimum atomic E-state index is 0.0312. The fraction of sp³-hybridized carbons (Fsp3) is 0.280. The highest BCUT2D eigenvalue weighted by Gasteiger charge is 2.27. The summed E-state index contributed by atoms with van der Waals surface area (Å²) in [5.41, 5.74) is 4.74. The maximum atomic E-state index is 13.2. The van der Waals surface area contributed by atoms with E-state index in [1.54, 1.807) is 0 Å². The third-order valence-corrected chi connectivity index (χ3v) is 5.86. The summed E-state index contributed by atoms with van der Waals surface area (Å²) in [4.78, 5) is 29.5. The van der Waals surface area contributed by atoms with Gasteiger partial charge in [0.05, 0.1) is 5.56 Å². The Morgan fingerprint density at radius 3 is 1.90 bits per heavy atom. The molecule has 0 unspecified atom stereocenters. The van der Waals surface area contributed by atoms with Crippen LogP contribution >= 0.6 is 0 Å². The minimum Gasteiger partial charge on any atom is -0.344 e. The van der Waals surface area contributed by atoms with Crippen molar-refractivity contribution in [3.05, 3.63) is 94.8 Å². The second-order valence-corrected chi connectivity index (χ2v) is 7.81. The van der Waals surface area contributed by atoms with Gasteiger partial charge in [-0.05, 0) is 37.6 Å². The van der Waals surface area contributed by atoms with Crippen LogP contribution in [0.15, 0.2) is 66.7 Å². The van der Waals surface area contributed by atoms with Crippen LogP contribution in [0, 0.1) is 13.8 Å². The van der Waals surface area contributed by atoms with Crippen molar-refractivity contribution in [3.8, 4) is 0 Å². The number of hydrogen-bond donors (Lipinski definition) is 0. The van der Waals surface area contributed by atoms with Crippen molar-refractivity contribution in [2.24, 2.45) is 0 Å². The van der Waals surface area contributed by atoms with E-state index < -0.39 is 0 Å². The fourth-order valence-corrected chi connectivity index (χ4v) is 4.07. The number of benzene rings is 2. The zero-order valence-corrected chi connectivity index (χ0v) is 17.5. The van der Waals surface area contributed by atoms with Crippen LogP contribution in [0.2, 0.25) is 0 Å². The molecule has 2 aromatic carbocycles. The first-order chi connectivity index (χ1) is 14.5. The van der Waals surface area contributed by atoms with Gasteiger partial charge < -0.3 is 14.4 Å². The number of rotatable bonds is 4. The molecule has 0 saturated carbocycles. The SMILES string of the molecule is Cc1cc(C(=O)N2CCN(C(=O)c3ccccc3)CC2)c(C)n1Cc1ccccc1. The molecule has 0 aliphatic carbocycles. The Kier molecular flexibility index (Phi) is 5.70. The zero-order valence-electron chi connectivity index (χ0n) is 17.5. The van der Waals surface area contributed by atoms with Gasteiger partial charge in [0.2, 0.25) is 0 Å². The summed E-state index contributed by atoms with van der Waals surface area (Å²) in [5.74, 6) is 0.0814. The number of carbonyl (C=O) groups excluding carboxylic acids is 2. The topological polar surface area (TPSA) is 45.6 Å². The molecule has 154 valence electrons. The van der Waals surface area contributed by atoms with Crippen molar-refractivity contribution in [3.63, 3.8) is 0 Å². The van der Waals surface area contributed by atoms with Gasteiger partial charge in [-0.3, -0.25) is 9.59 Å². The lowest BCUT2D eigenvalue weighted by molar-refractivity contribution is 0.0535. The van der Waals surface area contributed by atoms with Crippen LogP contribution in [0.5, 0.6) is 0 Å². The smallest absolute Gasteiger partial charge is 0.255 e. The second-order valence-electron chi connectivity index (χ2n) is 7.81. The third-order valence-electron chi connectivity index (χ3n) is 5.86. The molecule has 1 fully saturated rings. The normalized spacial score (nSPS) is 14.1. The van der Waals surface area contributed by atoms with Crippen LogP contribution in [0.1, 0.15) is 37.7 Å². The van der Waals surface area contributed by atoms with E-state index in [1.807, 2.05) is 78.2 Å². The summed E-state index contributed by atoms with van der Waals surface area (Å²) in [7, 11) is 0. The quantitative estimate of drug-likeness (QED) is 0.668. The van der Waals surface area contributed by atoms with Crippen LogP contribution in [0.25, 0.3) is 0 Å². The Bertz CT molecular complexity index is 1030. The van der Waals surface area contributed by atoms with Gasteiger partial charge in [0.25, 0.3) is 11.8 Å². The van der Waals surface area contributed by atoms with Gasteiger partial charge in [0.15, 0.2) is 0 Å². The molecule has 5 heteroatoms. The van der Waals surface area contributed by atoms with E-state index in [1.165, 1.54) is 5.56 Å². The van der Waals surface area contributed by atoms with Gasteiger partial charge in [-0.2, -0.15) is 0 Å². The highest BCUT2D eigenvalue weighted by Crippen LogP contribution is 2.20. The molecule has 2 amide bonds. The second kappa shape index (κ2) is 8.57. The van der Waals surface area contributed by atoms with Crippen molar-refractivity contribution < 1.29 is 9.59 Å². The molecular weight excluding hydrogens is 374 g/mol. The first-order valence-corrected chi connectivity index (χ1v) is 10.4. The van der Waals surface area contributed by atoms with Crippen molar-refractivity contribution in [2.45, 2.75) is 20.4 Å². The van der Waals surface area contributed by atoms with Gasteiger partial charge in [-0.25, -0.2) is 0 Å². The minimum absolute atomic E-state index is 0.0312. The molecule has 0 spiro atoms. The lowest BCUT2D eigenvalue weighted by atomic mass is 10.1. The van der Waals surface area contributed by atoms with E-state index in [2.05, 4.69) is 16.7 Å². The Morgan fingerprint density at radius 1 is 0.767 bits per heavy atom. The number of aromatic nitrogens is 1. The van der Waals surface area contributed by atoms with E-state index in [9.17, 15) is 9.59 Å². The highest BCUT2D eigenvalue weighted by molar-refractivity contribution is 5.97. The molecular formula is C25H27N3O2. The average molecular weight is 402 g/mol. The standard InChI is InChI=1S/C25H27N3O2/c1-19-17-23(20(2)28(19)18-21-9-5-3-6-10-21)25(30)27-15-13-26(14-16-27)24(29)22-11-7-4-8-12-22/h3-12,17H,13-16,18H2,1-2H3. The van der Waals surface area contributed by atoms with Gasteiger partial charge >= 0.3 is 0 Å². The van der Waals surface area contributed by atoms with Crippen LogP contribution in [-0.4, -0.2) is 52.4 Å².